The van der Waals surface area contributed by atoms with Crippen LogP contribution in [0.3, 0.4) is 0 Å². The van der Waals surface area contributed by atoms with E-state index in [-0.39, 0.29) is 37.6 Å². The molecule has 8 heteroatoms. The maximum Gasteiger partial charge on any atom is 1.00 e. The summed E-state index contributed by atoms with van der Waals surface area (Å²) in [4.78, 5) is 0. The van der Waals surface area contributed by atoms with Gasteiger partial charge in [-0.2, -0.15) is 0 Å². The summed E-state index contributed by atoms with van der Waals surface area (Å²) in [6, 6.07) is 0. The van der Waals surface area contributed by atoms with Crippen LogP contribution in [-0.4, -0.2) is 17.1 Å². The maximum atomic E-state index is 11.1. The summed E-state index contributed by atoms with van der Waals surface area (Å²) in [5, 5.41) is 16.5. The summed E-state index contributed by atoms with van der Waals surface area (Å²) >= 11 is 0. The van der Waals surface area contributed by atoms with Gasteiger partial charge in [-0.1, -0.05) is 90.4 Å². The average molecular weight is 378 g/mol. The van der Waals surface area contributed by atoms with Crippen LogP contribution in [-0.2, 0) is 18.4 Å². The number of unbranched alkanes of at least 4 members (excludes halogenated alkanes) is 13. The molecule has 0 fully saturated rings. The Hall–Kier alpha value is 1.03. The van der Waals surface area contributed by atoms with Gasteiger partial charge in [0.2, 0.25) is 0 Å². The standard InChI is InChI=1S/C16H35O6P.Na.H/c1-2-3-4-5-6-7-8-9-10-11-12-13-14-15-16-20-23(19,21-17)22-18;;/h17-18H,2-16H2,1H3;;/q;+1;-1. The SMILES string of the molecule is CCCCCCCCCCCCCCCCOP(=O)(OO)OO.[H-].[Na+]. The van der Waals surface area contributed by atoms with Crippen LogP contribution in [0, 0.1) is 0 Å². The van der Waals surface area contributed by atoms with Gasteiger partial charge < -0.3 is 1.43 Å². The Kier molecular flexibility index (Phi) is 23.1. The first-order valence-corrected chi connectivity index (χ1v) is 10.6. The molecule has 0 aliphatic heterocycles. The third-order valence-corrected chi connectivity index (χ3v) is 4.85. The molecule has 0 atom stereocenters. The van der Waals surface area contributed by atoms with Crippen molar-refractivity contribution in [3.05, 3.63) is 0 Å². The molecule has 0 amide bonds. The fourth-order valence-electron chi connectivity index (χ4n) is 2.54. The Morgan fingerprint density at radius 1 is 0.708 bits per heavy atom. The summed E-state index contributed by atoms with van der Waals surface area (Å²) in [7, 11) is -4.16. The monoisotopic (exact) mass is 378 g/mol. The van der Waals surface area contributed by atoms with E-state index in [2.05, 4.69) is 20.8 Å². The zero-order valence-corrected chi connectivity index (χ0v) is 18.5. The zero-order valence-electron chi connectivity index (χ0n) is 16.6. The summed E-state index contributed by atoms with van der Waals surface area (Å²) in [5.74, 6) is 0. The van der Waals surface area contributed by atoms with Crippen molar-refractivity contribution in [3.63, 3.8) is 0 Å². The normalized spacial score (nSPS) is 11.5. The van der Waals surface area contributed by atoms with Crippen molar-refractivity contribution >= 4 is 7.82 Å². The minimum Gasteiger partial charge on any atom is -1.00 e. The molecule has 0 unspecified atom stereocenters. The van der Waals surface area contributed by atoms with Crippen molar-refractivity contribution in [3.8, 4) is 0 Å². The number of hydrogen-bond donors (Lipinski definition) is 2. The van der Waals surface area contributed by atoms with E-state index in [4.69, 9.17) is 10.5 Å². The molecule has 0 radical (unpaired) electrons. The van der Waals surface area contributed by atoms with Gasteiger partial charge in [0.15, 0.2) is 0 Å². The van der Waals surface area contributed by atoms with Crippen LogP contribution in [0.1, 0.15) is 98.2 Å². The van der Waals surface area contributed by atoms with Crippen LogP contribution >= 0.6 is 7.82 Å². The molecule has 0 heterocycles. The number of rotatable bonds is 18. The van der Waals surface area contributed by atoms with E-state index in [0.717, 1.165) is 12.8 Å². The second kappa shape index (κ2) is 20.3. The van der Waals surface area contributed by atoms with E-state index in [0.29, 0.717) is 6.42 Å². The summed E-state index contributed by atoms with van der Waals surface area (Å²) in [5.41, 5.74) is 0. The van der Waals surface area contributed by atoms with Gasteiger partial charge in [-0.05, 0) is 6.42 Å². The van der Waals surface area contributed by atoms with Crippen molar-refractivity contribution in [1.29, 1.82) is 0 Å². The van der Waals surface area contributed by atoms with Crippen LogP contribution in [0.2, 0.25) is 0 Å². The molecule has 142 valence electrons. The van der Waals surface area contributed by atoms with Crippen LogP contribution in [0.15, 0.2) is 0 Å². The molecule has 6 nitrogen and oxygen atoms in total. The minimum atomic E-state index is -4.16. The molecule has 24 heavy (non-hydrogen) atoms. The molecule has 2 N–H and O–H groups in total. The van der Waals surface area contributed by atoms with E-state index in [1.165, 1.54) is 70.6 Å². The largest absolute Gasteiger partial charge is 1.00 e. The molecule has 0 aromatic rings. The number of hydrogen-bond acceptors (Lipinski definition) is 6. The Morgan fingerprint density at radius 2 is 1.04 bits per heavy atom. The van der Waals surface area contributed by atoms with Crippen LogP contribution in [0.25, 0.3) is 0 Å². The van der Waals surface area contributed by atoms with Crippen LogP contribution in [0.4, 0.5) is 0 Å². The summed E-state index contributed by atoms with van der Waals surface area (Å²) in [6.07, 6.45) is 17.4. The van der Waals surface area contributed by atoms with Crippen molar-refractivity contribution in [1.82, 2.24) is 0 Å². The van der Waals surface area contributed by atoms with E-state index >= 15 is 0 Å². The molecular formula is C16H36NaO6P. The first-order valence-electron chi connectivity index (χ1n) is 9.09. The zero-order chi connectivity index (χ0) is 17.2. The van der Waals surface area contributed by atoms with Gasteiger partial charge >= 0.3 is 37.4 Å². The third kappa shape index (κ3) is 17.8. The molecule has 0 rings (SSSR count). The molecule has 0 saturated carbocycles. The molecule has 0 spiro atoms. The first-order chi connectivity index (χ1) is 11.2. The Bertz CT molecular complexity index is 292. The first kappa shape index (κ1) is 27.3. The predicted molar refractivity (Wildman–Crippen MR) is 92.4 cm³/mol. The van der Waals surface area contributed by atoms with Gasteiger partial charge in [-0.15, -0.1) is 9.35 Å². The van der Waals surface area contributed by atoms with E-state index in [9.17, 15) is 4.57 Å². The molecule has 0 aliphatic carbocycles. The fourth-order valence-corrected chi connectivity index (χ4v) is 3.01. The van der Waals surface area contributed by atoms with Crippen molar-refractivity contribution in [2.24, 2.45) is 0 Å². The second-order valence-corrected chi connectivity index (χ2v) is 7.52. The van der Waals surface area contributed by atoms with Gasteiger partial charge in [0, 0.05) is 0 Å². The molecule has 0 saturated heterocycles. The van der Waals surface area contributed by atoms with Gasteiger partial charge in [-0.3, -0.25) is 4.52 Å². The maximum absolute atomic E-state index is 11.1. The minimum absolute atomic E-state index is 0. The van der Waals surface area contributed by atoms with Crippen LogP contribution < -0.4 is 29.6 Å². The molecule has 0 aromatic heterocycles. The average Bonchev–Trinajstić information content (AvgIpc) is 2.58. The van der Waals surface area contributed by atoms with E-state index < -0.39 is 7.82 Å². The molecule has 0 bridgehead atoms. The summed E-state index contributed by atoms with van der Waals surface area (Å²) < 4.78 is 22.7. The van der Waals surface area contributed by atoms with E-state index in [1.54, 1.807) is 0 Å². The third-order valence-electron chi connectivity index (χ3n) is 3.95. The fraction of sp³-hybridized carbons (Fsp3) is 1.00. The van der Waals surface area contributed by atoms with E-state index in [1.807, 2.05) is 0 Å². The molecule has 0 aromatic carbocycles. The Balaban J connectivity index is -0.00000242. The van der Waals surface area contributed by atoms with Crippen molar-refractivity contribution in [2.45, 2.75) is 96.8 Å². The topological polar surface area (TPSA) is 85.2 Å². The van der Waals surface area contributed by atoms with Crippen molar-refractivity contribution < 1.29 is 59.9 Å². The Labute approximate surface area is 170 Å². The van der Waals surface area contributed by atoms with Gasteiger partial charge in [-0.25, -0.2) is 15.1 Å². The summed E-state index contributed by atoms with van der Waals surface area (Å²) in [6.45, 7) is 2.37. The van der Waals surface area contributed by atoms with Gasteiger partial charge in [0.25, 0.3) is 0 Å². The van der Waals surface area contributed by atoms with Crippen molar-refractivity contribution in [2.75, 3.05) is 6.61 Å². The van der Waals surface area contributed by atoms with Gasteiger partial charge in [0.05, 0.1) is 6.61 Å². The quantitative estimate of drug-likeness (QED) is 0.124. The van der Waals surface area contributed by atoms with Crippen LogP contribution in [0.5, 0.6) is 0 Å². The molecule has 0 aliphatic rings. The van der Waals surface area contributed by atoms with Gasteiger partial charge in [0.1, 0.15) is 0 Å². The number of phosphoric acid groups is 1. The Morgan fingerprint density at radius 3 is 1.38 bits per heavy atom. The second-order valence-electron chi connectivity index (χ2n) is 6.04. The smallest absolute Gasteiger partial charge is 1.00 e. The molecular weight excluding hydrogens is 342 g/mol. The predicted octanol–water partition coefficient (Wildman–Crippen LogP) is 3.69.